The topological polar surface area (TPSA) is 99.7 Å². The maximum atomic E-state index is 12.0. The lowest BCUT2D eigenvalue weighted by molar-refractivity contribution is 0.0945. The highest BCUT2D eigenvalue weighted by atomic mass is 16.6. The van der Waals surface area contributed by atoms with Crippen LogP contribution in [0.15, 0.2) is 12.1 Å². The second-order valence-corrected chi connectivity index (χ2v) is 6.82. The molecule has 2 N–H and O–H groups in total. The van der Waals surface area contributed by atoms with Crippen LogP contribution in [0, 0.1) is 0 Å². The highest BCUT2D eigenvalue weighted by Gasteiger charge is 2.23. The first kappa shape index (κ1) is 20.9. The quantitative estimate of drug-likeness (QED) is 0.656. The predicted octanol–water partition coefficient (Wildman–Crippen LogP) is 1.19. The molecule has 9 heteroatoms. The van der Waals surface area contributed by atoms with Crippen molar-refractivity contribution in [2.75, 3.05) is 52.2 Å². The Kier molecular flexibility index (Phi) is 8.25. The first-order valence-electron chi connectivity index (χ1n) is 9.44. The van der Waals surface area contributed by atoms with E-state index in [9.17, 15) is 9.59 Å². The normalized spacial score (nSPS) is 14.9. The van der Waals surface area contributed by atoms with Crippen LogP contribution in [0.25, 0.3) is 0 Å². The van der Waals surface area contributed by atoms with E-state index in [0.29, 0.717) is 37.8 Å². The van der Waals surface area contributed by atoms with Gasteiger partial charge in [-0.15, -0.1) is 10.2 Å². The minimum absolute atomic E-state index is 0.212. The van der Waals surface area contributed by atoms with Crippen molar-refractivity contribution in [3.8, 4) is 0 Å². The van der Waals surface area contributed by atoms with Crippen LogP contribution in [0.4, 0.5) is 10.6 Å². The summed E-state index contributed by atoms with van der Waals surface area (Å²) in [6, 6.07) is 3.65. The molecule has 2 rings (SSSR count). The molecule has 0 bridgehead atoms. The molecule has 1 saturated heterocycles. The van der Waals surface area contributed by atoms with Crippen molar-refractivity contribution < 1.29 is 14.3 Å². The number of hydrogen-bond donors (Lipinski definition) is 2. The summed E-state index contributed by atoms with van der Waals surface area (Å²) < 4.78 is 5.02. The van der Waals surface area contributed by atoms with Crippen LogP contribution in [0.2, 0.25) is 0 Å². The molecule has 1 fully saturated rings. The Morgan fingerprint density at radius 2 is 2.00 bits per heavy atom. The van der Waals surface area contributed by atoms with Crippen LogP contribution >= 0.6 is 0 Å². The molecule has 1 aliphatic rings. The van der Waals surface area contributed by atoms with Crippen molar-refractivity contribution >= 4 is 17.8 Å². The number of carbonyl (C=O) groups is 2. The molecule has 2 heterocycles. The molecule has 0 aromatic carbocycles. The molecule has 0 unspecified atom stereocenters. The van der Waals surface area contributed by atoms with Gasteiger partial charge in [0.15, 0.2) is 5.69 Å². The van der Waals surface area contributed by atoms with Crippen molar-refractivity contribution in [3.63, 3.8) is 0 Å². The molecule has 0 radical (unpaired) electrons. The molecule has 1 aromatic rings. The minimum atomic E-state index is -0.253. The number of hydrogen-bond acceptors (Lipinski definition) is 7. The van der Waals surface area contributed by atoms with Crippen LogP contribution in [-0.2, 0) is 4.74 Å². The van der Waals surface area contributed by atoms with Crippen molar-refractivity contribution in [3.05, 3.63) is 17.8 Å². The van der Waals surface area contributed by atoms with Gasteiger partial charge in [0.2, 0.25) is 0 Å². The van der Waals surface area contributed by atoms with Crippen molar-refractivity contribution in [1.82, 2.24) is 25.3 Å². The van der Waals surface area contributed by atoms with Gasteiger partial charge in [-0.25, -0.2) is 4.79 Å². The van der Waals surface area contributed by atoms with Gasteiger partial charge < -0.3 is 25.2 Å². The summed E-state index contributed by atoms with van der Waals surface area (Å²) in [5, 5.41) is 14.3. The average molecular weight is 378 g/mol. The predicted molar refractivity (Wildman–Crippen MR) is 103 cm³/mol. The first-order valence-corrected chi connectivity index (χ1v) is 9.44. The smallest absolute Gasteiger partial charge is 0.409 e. The van der Waals surface area contributed by atoms with E-state index >= 15 is 0 Å². The number of carbonyl (C=O) groups excluding carboxylic acids is 2. The van der Waals surface area contributed by atoms with Crippen LogP contribution in [0.5, 0.6) is 0 Å². The van der Waals surface area contributed by atoms with Crippen molar-refractivity contribution in [1.29, 1.82) is 0 Å². The summed E-state index contributed by atoms with van der Waals surface area (Å²) in [5.41, 5.74) is 0.308. The van der Waals surface area contributed by atoms with E-state index in [0.717, 1.165) is 25.8 Å². The Labute approximate surface area is 160 Å². The summed E-state index contributed by atoms with van der Waals surface area (Å²) in [4.78, 5) is 27.6. The van der Waals surface area contributed by atoms with E-state index in [-0.39, 0.29) is 18.0 Å². The van der Waals surface area contributed by atoms with E-state index in [1.165, 1.54) is 0 Å². The Morgan fingerprint density at radius 3 is 2.59 bits per heavy atom. The minimum Gasteiger partial charge on any atom is -0.450 e. The first-order chi connectivity index (χ1) is 13.0. The summed E-state index contributed by atoms with van der Waals surface area (Å²) in [6.45, 7) is 5.02. The van der Waals surface area contributed by atoms with Gasteiger partial charge in [-0.3, -0.25) is 4.79 Å². The van der Waals surface area contributed by atoms with Gasteiger partial charge in [-0.2, -0.15) is 0 Å². The molecular weight excluding hydrogens is 348 g/mol. The fraction of sp³-hybridized carbons (Fsp3) is 0.667. The number of ether oxygens (including phenoxy) is 1. The third-order valence-corrected chi connectivity index (χ3v) is 4.34. The molecule has 0 atom stereocenters. The second kappa shape index (κ2) is 10.7. The number of nitrogens with zero attached hydrogens (tertiary/aromatic N) is 4. The maximum Gasteiger partial charge on any atom is 0.409 e. The van der Waals surface area contributed by atoms with Gasteiger partial charge >= 0.3 is 6.09 Å². The zero-order chi connectivity index (χ0) is 19.6. The van der Waals surface area contributed by atoms with E-state index in [2.05, 4.69) is 25.7 Å². The molecule has 0 saturated carbocycles. The summed E-state index contributed by atoms with van der Waals surface area (Å²) in [5.74, 6) is 0.421. The van der Waals surface area contributed by atoms with Gasteiger partial charge in [0.1, 0.15) is 5.82 Å². The van der Waals surface area contributed by atoms with Crippen molar-refractivity contribution in [2.45, 2.75) is 32.2 Å². The number of amides is 2. The van der Waals surface area contributed by atoms with E-state index < -0.39 is 0 Å². The second-order valence-electron chi connectivity index (χ2n) is 6.82. The van der Waals surface area contributed by atoms with Crippen LogP contribution in [0.3, 0.4) is 0 Å². The fourth-order valence-corrected chi connectivity index (χ4v) is 2.85. The molecule has 0 spiro atoms. The third-order valence-electron chi connectivity index (χ3n) is 4.34. The molecule has 2 amide bonds. The molecular formula is C18H30N6O3. The molecule has 0 aliphatic carbocycles. The number of nitrogens with one attached hydrogen (secondary N) is 2. The van der Waals surface area contributed by atoms with E-state index in [1.54, 1.807) is 24.0 Å². The monoisotopic (exact) mass is 378 g/mol. The average Bonchev–Trinajstić information content (AvgIpc) is 2.66. The molecule has 27 heavy (non-hydrogen) atoms. The lowest BCUT2D eigenvalue weighted by Gasteiger charge is -2.31. The maximum absolute atomic E-state index is 12.0. The number of likely N-dealkylation sites (tertiary alicyclic amines) is 1. The van der Waals surface area contributed by atoms with Crippen molar-refractivity contribution in [2.24, 2.45) is 0 Å². The summed E-state index contributed by atoms with van der Waals surface area (Å²) in [6.07, 6.45) is 2.26. The molecule has 9 nitrogen and oxygen atoms in total. The summed E-state index contributed by atoms with van der Waals surface area (Å²) in [7, 11) is 4.00. The molecule has 1 aliphatic heterocycles. The van der Waals surface area contributed by atoms with Crippen LogP contribution in [0.1, 0.15) is 36.7 Å². The van der Waals surface area contributed by atoms with Gasteiger partial charge in [-0.05, 0) is 59.0 Å². The molecule has 1 aromatic heterocycles. The lowest BCUT2D eigenvalue weighted by Crippen LogP contribution is -2.42. The van der Waals surface area contributed by atoms with Crippen LogP contribution < -0.4 is 10.6 Å². The number of piperidine rings is 1. The summed E-state index contributed by atoms with van der Waals surface area (Å²) >= 11 is 0. The van der Waals surface area contributed by atoms with E-state index in [1.807, 2.05) is 14.1 Å². The zero-order valence-corrected chi connectivity index (χ0v) is 16.4. The van der Waals surface area contributed by atoms with Gasteiger partial charge in [0.05, 0.1) is 6.61 Å². The number of aromatic nitrogens is 2. The van der Waals surface area contributed by atoms with E-state index in [4.69, 9.17) is 4.74 Å². The van der Waals surface area contributed by atoms with Crippen LogP contribution in [-0.4, -0.2) is 84.9 Å². The molecule has 150 valence electrons. The van der Waals surface area contributed by atoms with Gasteiger partial charge in [0.25, 0.3) is 5.91 Å². The lowest BCUT2D eigenvalue weighted by atomic mass is 10.1. The zero-order valence-electron chi connectivity index (χ0n) is 16.4. The Balaban J connectivity index is 1.74. The standard InChI is InChI=1S/C18H30N6O3/c1-4-27-18(26)24-12-8-14(9-13-24)20-16-7-6-15(21-22-16)17(25)19-10-5-11-23(2)3/h6-7,14H,4-5,8-13H2,1-3H3,(H,19,25)(H,20,22). The Hall–Kier alpha value is -2.42. The highest BCUT2D eigenvalue weighted by Crippen LogP contribution is 2.15. The SMILES string of the molecule is CCOC(=O)N1CCC(Nc2ccc(C(=O)NCCCN(C)C)nn2)CC1. The largest absolute Gasteiger partial charge is 0.450 e. The Morgan fingerprint density at radius 1 is 1.26 bits per heavy atom. The fourth-order valence-electron chi connectivity index (χ4n) is 2.85. The third kappa shape index (κ3) is 7.01. The number of rotatable bonds is 8. The Bertz CT molecular complexity index is 600. The number of anilines is 1. The van der Waals surface area contributed by atoms with Gasteiger partial charge in [0, 0.05) is 25.7 Å². The highest BCUT2D eigenvalue weighted by molar-refractivity contribution is 5.92. The van der Waals surface area contributed by atoms with Gasteiger partial charge in [-0.1, -0.05) is 0 Å².